The van der Waals surface area contributed by atoms with Gasteiger partial charge in [-0.2, -0.15) is 5.10 Å². The van der Waals surface area contributed by atoms with E-state index in [0.29, 0.717) is 11.2 Å². The molecule has 2 heterocycles. The Hall–Kier alpha value is -1.43. The zero-order valence-corrected chi connectivity index (χ0v) is 9.47. The van der Waals surface area contributed by atoms with Gasteiger partial charge in [0.25, 0.3) is 0 Å². The molecular weight excluding hydrogens is 262 g/mol. The molecule has 0 aromatic carbocycles. The summed E-state index contributed by atoms with van der Waals surface area (Å²) >= 11 is 3.27. The zero-order valence-electron chi connectivity index (χ0n) is 7.88. The predicted octanol–water partition coefficient (Wildman–Crippen LogP) is 1.68. The number of fused-ring (bicyclic) bond motifs is 1. The van der Waals surface area contributed by atoms with Crippen LogP contribution in [0.2, 0.25) is 0 Å². The molecule has 0 saturated carbocycles. The van der Waals surface area contributed by atoms with E-state index >= 15 is 0 Å². The van der Waals surface area contributed by atoms with Gasteiger partial charge in [0, 0.05) is 18.0 Å². The summed E-state index contributed by atoms with van der Waals surface area (Å²) in [7, 11) is 0. The number of rotatable bonds is 2. The molecule has 0 aliphatic rings. The third-order valence-corrected chi connectivity index (χ3v) is 2.60. The lowest BCUT2D eigenvalue weighted by atomic mass is 10.1. The molecule has 78 valence electrons. The first-order valence-corrected chi connectivity index (χ1v) is 5.10. The number of aromatic nitrogens is 3. The lowest BCUT2D eigenvalue weighted by molar-refractivity contribution is -0.138. The average Bonchev–Trinajstić information content (AvgIpc) is 2.59. The van der Waals surface area contributed by atoms with E-state index in [1.54, 1.807) is 23.8 Å². The maximum atomic E-state index is 10.8. The molecule has 0 amide bonds. The Morgan fingerprint density at radius 3 is 3.00 bits per heavy atom. The fourth-order valence-electron chi connectivity index (χ4n) is 1.31. The van der Waals surface area contributed by atoms with E-state index in [-0.39, 0.29) is 0 Å². The highest BCUT2D eigenvalue weighted by Crippen LogP contribution is 2.20. The Bertz CT molecular complexity index is 523. The van der Waals surface area contributed by atoms with Gasteiger partial charge in [-0.05, 0) is 22.9 Å². The van der Waals surface area contributed by atoms with Crippen LogP contribution in [0.5, 0.6) is 0 Å². The molecule has 15 heavy (non-hydrogen) atoms. The third-order valence-electron chi connectivity index (χ3n) is 2.19. The van der Waals surface area contributed by atoms with Crippen molar-refractivity contribution in [2.24, 2.45) is 0 Å². The fraction of sp³-hybridized carbons (Fsp3) is 0.222. The van der Waals surface area contributed by atoms with Crippen LogP contribution in [-0.4, -0.2) is 25.7 Å². The van der Waals surface area contributed by atoms with Crippen molar-refractivity contribution in [3.63, 3.8) is 0 Å². The van der Waals surface area contributed by atoms with Crippen molar-refractivity contribution in [3.05, 3.63) is 28.6 Å². The van der Waals surface area contributed by atoms with Crippen molar-refractivity contribution in [2.75, 3.05) is 0 Å². The van der Waals surface area contributed by atoms with Crippen molar-refractivity contribution in [1.29, 1.82) is 0 Å². The minimum absolute atomic E-state index is 0.577. The van der Waals surface area contributed by atoms with Gasteiger partial charge in [-0.15, -0.1) is 0 Å². The first-order chi connectivity index (χ1) is 7.09. The molecule has 0 saturated heterocycles. The number of carboxylic acid groups (broad SMARTS) is 1. The highest BCUT2D eigenvalue weighted by Gasteiger charge is 2.19. The number of halogens is 1. The molecular formula is C9H8BrN3O2. The molecule has 0 aliphatic heterocycles. The number of carboxylic acids is 1. The number of aliphatic carboxylic acids is 1. The predicted molar refractivity (Wildman–Crippen MR) is 56.7 cm³/mol. The normalized spacial score (nSPS) is 12.9. The fourth-order valence-corrected chi connectivity index (χ4v) is 1.61. The zero-order chi connectivity index (χ0) is 11.0. The molecule has 5 nitrogen and oxygen atoms in total. The van der Waals surface area contributed by atoms with E-state index in [1.165, 1.54) is 6.20 Å². The minimum atomic E-state index is -0.880. The maximum Gasteiger partial charge on any atom is 0.310 e. The van der Waals surface area contributed by atoms with Crippen LogP contribution in [0.25, 0.3) is 5.65 Å². The quantitative estimate of drug-likeness (QED) is 0.901. The highest BCUT2D eigenvalue weighted by atomic mass is 79.9. The first kappa shape index (κ1) is 10.1. The van der Waals surface area contributed by atoms with E-state index in [9.17, 15) is 4.79 Å². The van der Waals surface area contributed by atoms with Gasteiger partial charge in [0.2, 0.25) is 0 Å². The van der Waals surface area contributed by atoms with Crippen LogP contribution in [0.15, 0.2) is 23.1 Å². The van der Waals surface area contributed by atoms with Crippen molar-refractivity contribution in [2.45, 2.75) is 12.8 Å². The van der Waals surface area contributed by atoms with Gasteiger partial charge in [0.1, 0.15) is 0 Å². The van der Waals surface area contributed by atoms with Crippen LogP contribution in [0.3, 0.4) is 0 Å². The highest BCUT2D eigenvalue weighted by molar-refractivity contribution is 9.10. The molecule has 1 unspecified atom stereocenters. The number of carbonyl (C=O) groups is 1. The van der Waals surface area contributed by atoms with Gasteiger partial charge in [-0.1, -0.05) is 0 Å². The Morgan fingerprint density at radius 1 is 1.60 bits per heavy atom. The Labute approximate surface area is 93.9 Å². The second kappa shape index (κ2) is 3.62. The van der Waals surface area contributed by atoms with Gasteiger partial charge in [-0.3, -0.25) is 4.79 Å². The van der Waals surface area contributed by atoms with Crippen LogP contribution in [-0.2, 0) is 4.79 Å². The van der Waals surface area contributed by atoms with Crippen molar-refractivity contribution < 1.29 is 9.90 Å². The molecule has 0 bridgehead atoms. The maximum absolute atomic E-state index is 10.8. The third kappa shape index (κ3) is 1.72. The van der Waals surface area contributed by atoms with Crippen molar-refractivity contribution in [3.8, 4) is 0 Å². The van der Waals surface area contributed by atoms with E-state index in [4.69, 9.17) is 5.11 Å². The summed E-state index contributed by atoms with van der Waals surface area (Å²) in [6, 6.07) is 0. The van der Waals surface area contributed by atoms with Crippen LogP contribution in [0.4, 0.5) is 0 Å². The number of nitrogens with zero attached hydrogens (tertiary/aromatic N) is 3. The van der Waals surface area contributed by atoms with Gasteiger partial charge in [0.05, 0.1) is 16.6 Å². The summed E-state index contributed by atoms with van der Waals surface area (Å²) < 4.78 is 2.35. The Morgan fingerprint density at radius 2 is 2.33 bits per heavy atom. The summed E-state index contributed by atoms with van der Waals surface area (Å²) in [6.45, 7) is 1.61. The first-order valence-electron chi connectivity index (χ1n) is 4.31. The molecule has 2 aromatic rings. The van der Waals surface area contributed by atoms with Gasteiger partial charge < -0.3 is 5.11 Å². The lowest BCUT2D eigenvalue weighted by Crippen LogP contribution is -2.07. The smallest absolute Gasteiger partial charge is 0.310 e. The summed E-state index contributed by atoms with van der Waals surface area (Å²) in [6.07, 6.45) is 4.89. The SMILES string of the molecule is CC(C(=O)O)c1cnn2cc(Br)cnc12. The lowest BCUT2D eigenvalue weighted by Gasteiger charge is -2.02. The second-order valence-electron chi connectivity index (χ2n) is 3.20. The Kier molecular flexibility index (Phi) is 2.44. The molecule has 0 fully saturated rings. The monoisotopic (exact) mass is 269 g/mol. The second-order valence-corrected chi connectivity index (χ2v) is 4.12. The number of hydrogen-bond donors (Lipinski definition) is 1. The molecule has 2 aromatic heterocycles. The summed E-state index contributed by atoms with van der Waals surface area (Å²) in [5.74, 6) is -1.48. The Balaban J connectivity index is 2.59. The van der Waals surface area contributed by atoms with Crippen LogP contribution < -0.4 is 0 Å². The van der Waals surface area contributed by atoms with Crippen LogP contribution in [0, 0.1) is 0 Å². The van der Waals surface area contributed by atoms with E-state index in [2.05, 4.69) is 26.0 Å². The molecule has 2 rings (SSSR count). The van der Waals surface area contributed by atoms with Gasteiger partial charge in [0.15, 0.2) is 5.65 Å². The standard InChI is InChI=1S/C9H8BrN3O2/c1-5(9(14)15)7-3-12-13-4-6(10)2-11-8(7)13/h2-5H,1H3,(H,14,15). The van der Waals surface area contributed by atoms with E-state index in [1.807, 2.05) is 0 Å². The average molecular weight is 270 g/mol. The topological polar surface area (TPSA) is 67.5 Å². The molecule has 6 heteroatoms. The summed E-state index contributed by atoms with van der Waals surface area (Å²) in [4.78, 5) is 15.0. The van der Waals surface area contributed by atoms with Crippen LogP contribution in [0.1, 0.15) is 18.4 Å². The van der Waals surface area contributed by atoms with Crippen LogP contribution >= 0.6 is 15.9 Å². The molecule has 0 aliphatic carbocycles. The largest absolute Gasteiger partial charge is 0.481 e. The number of hydrogen-bond acceptors (Lipinski definition) is 3. The molecule has 1 N–H and O–H groups in total. The molecule has 0 radical (unpaired) electrons. The van der Waals surface area contributed by atoms with E-state index < -0.39 is 11.9 Å². The van der Waals surface area contributed by atoms with Crippen molar-refractivity contribution >= 4 is 27.5 Å². The van der Waals surface area contributed by atoms with Gasteiger partial charge in [-0.25, -0.2) is 9.50 Å². The molecule has 1 atom stereocenters. The van der Waals surface area contributed by atoms with Gasteiger partial charge >= 0.3 is 5.97 Å². The summed E-state index contributed by atoms with van der Waals surface area (Å²) in [5.41, 5.74) is 1.20. The van der Waals surface area contributed by atoms with Crippen molar-refractivity contribution in [1.82, 2.24) is 14.6 Å². The molecule has 0 spiro atoms. The van der Waals surface area contributed by atoms with E-state index in [0.717, 1.165) is 4.47 Å². The summed E-state index contributed by atoms with van der Waals surface area (Å²) in [5, 5.41) is 12.9. The minimum Gasteiger partial charge on any atom is -0.481 e.